The Bertz CT molecular complexity index is 704. The number of aryl methyl sites for hydroxylation is 1. The smallest absolute Gasteiger partial charge is 0.303 e. The van der Waals surface area contributed by atoms with Crippen molar-refractivity contribution in [2.75, 3.05) is 0 Å². The molecule has 1 N–H and O–H groups in total. The fraction of sp³-hybridized carbons (Fsp3) is 0.438. The third-order valence-electron chi connectivity index (χ3n) is 3.43. The van der Waals surface area contributed by atoms with Gasteiger partial charge in [0.15, 0.2) is 0 Å². The Balaban J connectivity index is 2.48. The molecule has 0 amide bonds. The minimum absolute atomic E-state index is 0.0214. The Morgan fingerprint density at radius 1 is 1.33 bits per heavy atom. The highest BCUT2D eigenvalue weighted by Crippen LogP contribution is 2.11. The van der Waals surface area contributed by atoms with Crippen molar-refractivity contribution < 1.29 is 9.90 Å². The lowest BCUT2D eigenvalue weighted by atomic mass is 10.1. The lowest BCUT2D eigenvalue weighted by molar-refractivity contribution is -0.137. The largest absolute Gasteiger partial charge is 0.481 e. The average molecular weight is 288 g/mol. The molecule has 0 unspecified atom stereocenters. The molecule has 2 rings (SSSR count). The number of fused-ring (bicyclic) bond motifs is 1. The van der Waals surface area contributed by atoms with Gasteiger partial charge in [0.1, 0.15) is 5.82 Å². The zero-order valence-corrected chi connectivity index (χ0v) is 12.4. The van der Waals surface area contributed by atoms with E-state index in [1.807, 2.05) is 12.1 Å². The summed E-state index contributed by atoms with van der Waals surface area (Å²) in [5.41, 5.74) is 0.547. The molecule has 0 radical (unpaired) electrons. The molecule has 5 nitrogen and oxygen atoms in total. The maximum Gasteiger partial charge on any atom is 0.303 e. The first kappa shape index (κ1) is 15.2. The number of benzene rings is 1. The van der Waals surface area contributed by atoms with Gasteiger partial charge in [0.25, 0.3) is 5.56 Å². The Hall–Kier alpha value is -2.17. The molecule has 1 aromatic carbocycles. The molecule has 0 saturated carbocycles. The standard InChI is InChI=1S/C16H20N2O3/c1-11(2)9-10-18-14(7-8-15(19)20)17-13-6-4-3-5-12(13)16(18)21/h3-6,11H,7-10H2,1-2H3,(H,19,20). The summed E-state index contributed by atoms with van der Waals surface area (Å²) in [5, 5.41) is 9.43. The second kappa shape index (κ2) is 6.52. The zero-order chi connectivity index (χ0) is 15.4. The molecule has 0 atom stereocenters. The fourth-order valence-corrected chi connectivity index (χ4v) is 2.24. The number of carboxylic acid groups (broad SMARTS) is 1. The number of rotatable bonds is 6. The van der Waals surface area contributed by atoms with E-state index in [4.69, 9.17) is 5.11 Å². The Labute approximate surface area is 123 Å². The summed E-state index contributed by atoms with van der Waals surface area (Å²) in [6, 6.07) is 7.19. The predicted octanol–water partition coefficient (Wildman–Crippen LogP) is 2.46. The van der Waals surface area contributed by atoms with Gasteiger partial charge in [-0.2, -0.15) is 0 Å². The quantitative estimate of drug-likeness (QED) is 0.886. The van der Waals surface area contributed by atoms with E-state index in [1.165, 1.54) is 0 Å². The minimum atomic E-state index is -0.882. The maximum atomic E-state index is 12.6. The molecule has 0 fully saturated rings. The number of aliphatic carboxylic acids is 1. The Kier molecular flexibility index (Phi) is 4.73. The third-order valence-corrected chi connectivity index (χ3v) is 3.43. The number of hydrogen-bond acceptors (Lipinski definition) is 3. The van der Waals surface area contributed by atoms with Gasteiger partial charge in [-0.1, -0.05) is 26.0 Å². The molecular formula is C16H20N2O3. The van der Waals surface area contributed by atoms with Crippen molar-refractivity contribution in [3.63, 3.8) is 0 Å². The number of carbonyl (C=O) groups is 1. The molecule has 1 aromatic heterocycles. The highest BCUT2D eigenvalue weighted by atomic mass is 16.4. The summed E-state index contributed by atoms with van der Waals surface area (Å²) in [5.74, 6) is 0.144. The second-order valence-corrected chi connectivity index (χ2v) is 5.58. The number of para-hydroxylation sites is 1. The number of aromatic nitrogens is 2. The Morgan fingerprint density at radius 3 is 2.71 bits per heavy atom. The topological polar surface area (TPSA) is 72.2 Å². The van der Waals surface area contributed by atoms with Crippen LogP contribution in [0, 0.1) is 5.92 Å². The molecule has 0 bridgehead atoms. The van der Waals surface area contributed by atoms with Gasteiger partial charge in [-0.15, -0.1) is 0 Å². The molecule has 2 aromatic rings. The van der Waals surface area contributed by atoms with Crippen LogP contribution in [-0.4, -0.2) is 20.6 Å². The normalized spacial score (nSPS) is 11.2. The van der Waals surface area contributed by atoms with Crippen molar-refractivity contribution in [1.29, 1.82) is 0 Å². The van der Waals surface area contributed by atoms with Crippen LogP contribution in [0.15, 0.2) is 29.1 Å². The molecule has 21 heavy (non-hydrogen) atoms. The van der Waals surface area contributed by atoms with Crippen molar-refractivity contribution in [2.45, 2.75) is 39.7 Å². The van der Waals surface area contributed by atoms with Gasteiger partial charge in [-0.25, -0.2) is 4.98 Å². The lowest BCUT2D eigenvalue weighted by Gasteiger charge is -2.14. The van der Waals surface area contributed by atoms with E-state index in [0.29, 0.717) is 29.2 Å². The molecule has 0 spiro atoms. The molecule has 0 aliphatic rings. The summed E-state index contributed by atoms with van der Waals surface area (Å²) < 4.78 is 1.63. The van der Waals surface area contributed by atoms with Gasteiger partial charge in [0, 0.05) is 13.0 Å². The van der Waals surface area contributed by atoms with E-state index in [-0.39, 0.29) is 18.4 Å². The van der Waals surface area contributed by atoms with E-state index in [9.17, 15) is 9.59 Å². The van der Waals surface area contributed by atoms with Crippen molar-refractivity contribution in [1.82, 2.24) is 9.55 Å². The summed E-state index contributed by atoms with van der Waals surface area (Å²) in [6.07, 6.45) is 1.11. The van der Waals surface area contributed by atoms with Gasteiger partial charge in [0.2, 0.25) is 0 Å². The number of hydrogen-bond donors (Lipinski definition) is 1. The second-order valence-electron chi connectivity index (χ2n) is 5.58. The first-order valence-electron chi connectivity index (χ1n) is 7.19. The molecule has 0 aliphatic heterocycles. The highest BCUT2D eigenvalue weighted by molar-refractivity contribution is 5.77. The highest BCUT2D eigenvalue weighted by Gasteiger charge is 2.12. The van der Waals surface area contributed by atoms with Crippen molar-refractivity contribution in [3.05, 3.63) is 40.4 Å². The van der Waals surface area contributed by atoms with E-state index in [1.54, 1.807) is 16.7 Å². The fourth-order valence-electron chi connectivity index (χ4n) is 2.24. The van der Waals surface area contributed by atoms with Crippen LogP contribution in [-0.2, 0) is 17.8 Å². The van der Waals surface area contributed by atoms with Gasteiger partial charge in [-0.05, 0) is 24.5 Å². The SMILES string of the molecule is CC(C)CCn1c(CCC(=O)O)nc2ccccc2c1=O. The first-order valence-corrected chi connectivity index (χ1v) is 7.19. The van der Waals surface area contributed by atoms with Crippen molar-refractivity contribution in [3.8, 4) is 0 Å². The third kappa shape index (κ3) is 3.68. The predicted molar refractivity (Wildman–Crippen MR) is 81.4 cm³/mol. The van der Waals surface area contributed by atoms with Crippen LogP contribution in [0.4, 0.5) is 0 Å². The molecule has 5 heteroatoms. The average Bonchev–Trinajstić information content (AvgIpc) is 2.44. The Morgan fingerprint density at radius 2 is 2.05 bits per heavy atom. The summed E-state index contributed by atoms with van der Waals surface area (Å²) in [4.78, 5) is 27.9. The molecular weight excluding hydrogens is 268 g/mol. The number of nitrogens with zero attached hydrogens (tertiary/aromatic N) is 2. The van der Waals surface area contributed by atoms with Crippen LogP contribution in [0.3, 0.4) is 0 Å². The molecule has 0 saturated heterocycles. The number of carboxylic acids is 1. The molecule has 1 heterocycles. The summed E-state index contributed by atoms with van der Waals surface area (Å²) in [6.45, 7) is 4.76. The van der Waals surface area contributed by atoms with Crippen LogP contribution in [0.1, 0.15) is 32.5 Å². The molecule has 0 aliphatic carbocycles. The van der Waals surface area contributed by atoms with Gasteiger partial charge in [0.05, 0.1) is 17.3 Å². The van der Waals surface area contributed by atoms with Crippen LogP contribution in [0.2, 0.25) is 0 Å². The van der Waals surface area contributed by atoms with E-state index >= 15 is 0 Å². The van der Waals surface area contributed by atoms with Crippen molar-refractivity contribution in [2.24, 2.45) is 5.92 Å². The van der Waals surface area contributed by atoms with Gasteiger partial charge in [-0.3, -0.25) is 14.2 Å². The van der Waals surface area contributed by atoms with Crippen LogP contribution in [0.5, 0.6) is 0 Å². The van der Waals surface area contributed by atoms with Gasteiger partial charge >= 0.3 is 5.97 Å². The van der Waals surface area contributed by atoms with Crippen molar-refractivity contribution >= 4 is 16.9 Å². The van der Waals surface area contributed by atoms with Crippen LogP contribution >= 0.6 is 0 Å². The lowest BCUT2D eigenvalue weighted by Crippen LogP contribution is -2.26. The van der Waals surface area contributed by atoms with E-state index < -0.39 is 5.97 Å². The van der Waals surface area contributed by atoms with E-state index in [0.717, 1.165) is 6.42 Å². The summed E-state index contributed by atoms with van der Waals surface area (Å²) in [7, 11) is 0. The van der Waals surface area contributed by atoms with Gasteiger partial charge < -0.3 is 5.11 Å². The first-order chi connectivity index (χ1) is 9.99. The molecule has 112 valence electrons. The van der Waals surface area contributed by atoms with Crippen LogP contribution in [0.25, 0.3) is 10.9 Å². The summed E-state index contributed by atoms with van der Waals surface area (Å²) >= 11 is 0. The maximum absolute atomic E-state index is 12.6. The monoisotopic (exact) mass is 288 g/mol. The van der Waals surface area contributed by atoms with E-state index in [2.05, 4.69) is 18.8 Å². The van der Waals surface area contributed by atoms with Crippen LogP contribution < -0.4 is 5.56 Å². The zero-order valence-electron chi connectivity index (χ0n) is 12.4. The minimum Gasteiger partial charge on any atom is -0.481 e.